The third-order valence-electron chi connectivity index (χ3n) is 5.81. The summed E-state index contributed by atoms with van der Waals surface area (Å²) in [5.74, 6) is -2.83. The molecule has 13 heteroatoms. The van der Waals surface area contributed by atoms with Gasteiger partial charge in [-0.1, -0.05) is 0 Å². The lowest BCUT2D eigenvalue weighted by atomic mass is 9.90. The molecule has 0 saturated carbocycles. The first-order valence-electron chi connectivity index (χ1n) is 10.9. The smallest absolute Gasteiger partial charge is 0.317 e. The molecule has 2 aromatic rings. The first-order chi connectivity index (χ1) is 17.5. The summed E-state index contributed by atoms with van der Waals surface area (Å²) in [6.45, 7) is -0.621. The molecule has 1 saturated heterocycles. The average Bonchev–Trinajstić information content (AvgIpc) is 2.85. The molecule has 1 aromatic heterocycles. The minimum Gasteiger partial charge on any atom is -0.481 e. The molecule has 13 nitrogen and oxygen atoms in total. The van der Waals surface area contributed by atoms with Gasteiger partial charge in [-0.2, -0.15) is 0 Å². The van der Waals surface area contributed by atoms with E-state index in [-0.39, 0.29) is 28.1 Å². The van der Waals surface area contributed by atoms with Crippen LogP contribution in [-0.4, -0.2) is 80.6 Å². The number of esters is 1. The lowest BCUT2D eigenvalue weighted by Crippen LogP contribution is -2.60. The van der Waals surface area contributed by atoms with Gasteiger partial charge in [0.25, 0.3) is 0 Å². The van der Waals surface area contributed by atoms with Gasteiger partial charge in [0.1, 0.15) is 60.6 Å². The maximum absolute atomic E-state index is 13.0. The van der Waals surface area contributed by atoms with Crippen molar-refractivity contribution in [2.24, 2.45) is 0 Å². The van der Waals surface area contributed by atoms with Crippen molar-refractivity contribution < 1.29 is 58.5 Å². The molecule has 4 rings (SSSR count). The van der Waals surface area contributed by atoms with E-state index in [4.69, 9.17) is 23.7 Å². The van der Waals surface area contributed by atoms with Crippen LogP contribution in [0.1, 0.15) is 12.0 Å². The molecular formula is C24H22O13. The Hall–Kier alpha value is -3.88. The number of ether oxygens (including phenoxy) is 3. The number of allylic oxidation sites excluding steroid dienone is 2. The number of rotatable bonds is 7. The number of hydrogen-bond acceptors (Lipinski definition) is 12. The van der Waals surface area contributed by atoms with Crippen molar-refractivity contribution in [2.45, 2.75) is 42.7 Å². The van der Waals surface area contributed by atoms with Crippen LogP contribution in [0.4, 0.5) is 0 Å². The third-order valence-corrected chi connectivity index (χ3v) is 5.81. The van der Waals surface area contributed by atoms with Crippen molar-refractivity contribution in [2.75, 3.05) is 6.61 Å². The van der Waals surface area contributed by atoms with Gasteiger partial charge in [-0.25, -0.2) is 0 Å². The topological polar surface area (TPSA) is 210 Å². The van der Waals surface area contributed by atoms with Crippen molar-refractivity contribution in [1.82, 2.24) is 0 Å². The van der Waals surface area contributed by atoms with Crippen molar-refractivity contribution in [3.63, 3.8) is 0 Å². The zero-order chi connectivity index (χ0) is 26.9. The molecule has 1 aromatic carbocycles. The Balaban J connectivity index is 1.52. The molecule has 0 spiro atoms. The second-order valence-electron chi connectivity index (χ2n) is 8.42. The molecule has 0 bridgehead atoms. The molecule has 2 heterocycles. The summed E-state index contributed by atoms with van der Waals surface area (Å²) in [5, 5.41) is 50.0. The van der Waals surface area contributed by atoms with Gasteiger partial charge >= 0.3 is 11.9 Å². The first-order valence-corrected chi connectivity index (χ1v) is 10.9. The second kappa shape index (κ2) is 10.2. The maximum Gasteiger partial charge on any atom is 0.317 e. The van der Waals surface area contributed by atoms with E-state index in [0.717, 1.165) is 18.4 Å². The third kappa shape index (κ3) is 5.45. The van der Waals surface area contributed by atoms with Gasteiger partial charge < -0.3 is 44.2 Å². The molecule has 5 atom stereocenters. The summed E-state index contributed by atoms with van der Waals surface area (Å²) < 4.78 is 21.2. The SMILES string of the molecule is O=C1C=CC(O)(c2coc3cc(O[C@@H]4O[C@H](COC(=O)CC(=O)O)[C@@H](O)[C@H](O)[C@H]4O)ccc3c2=O)C=C1. The summed E-state index contributed by atoms with van der Waals surface area (Å²) in [5.41, 5.74) is -2.50. The highest BCUT2D eigenvalue weighted by atomic mass is 16.7. The molecule has 0 radical (unpaired) electrons. The van der Waals surface area contributed by atoms with Crippen molar-refractivity contribution >= 4 is 28.7 Å². The zero-order valence-electron chi connectivity index (χ0n) is 18.9. The second-order valence-corrected chi connectivity index (χ2v) is 8.42. The number of aliphatic hydroxyl groups excluding tert-OH is 3. The number of carbonyl (C=O) groups excluding carboxylic acids is 2. The molecule has 0 amide bonds. The summed E-state index contributed by atoms with van der Waals surface area (Å²) in [7, 11) is 0. The Bertz CT molecular complexity index is 1320. The molecule has 0 unspecified atom stereocenters. The number of benzene rings is 1. The molecule has 1 aliphatic carbocycles. The van der Waals surface area contributed by atoms with E-state index in [2.05, 4.69) is 0 Å². The van der Waals surface area contributed by atoms with Gasteiger partial charge in [-0.3, -0.25) is 19.2 Å². The lowest BCUT2D eigenvalue weighted by molar-refractivity contribution is -0.278. The van der Waals surface area contributed by atoms with Gasteiger partial charge in [0.2, 0.25) is 6.29 Å². The van der Waals surface area contributed by atoms with Crippen LogP contribution in [0.15, 0.2) is 58.0 Å². The van der Waals surface area contributed by atoms with Gasteiger partial charge in [0.05, 0.1) is 10.9 Å². The summed E-state index contributed by atoms with van der Waals surface area (Å²) in [6, 6.07) is 3.95. The fourth-order valence-electron chi connectivity index (χ4n) is 3.80. The van der Waals surface area contributed by atoms with E-state index >= 15 is 0 Å². The number of aliphatic hydroxyl groups is 4. The van der Waals surface area contributed by atoms with Crippen LogP contribution in [0.2, 0.25) is 0 Å². The number of aliphatic carboxylic acids is 1. The van der Waals surface area contributed by atoms with Crippen LogP contribution < -0.4 is 10.2 Å². The molecule has 1 fully saturated rings. The molecular weight excluding hydrogens is 496 g/mol. The zero-order valence-corrected chi connectivity index (χ0v) is 18.9. The van der Waals surface area contributed by atoms with Crippen LogP contribution in [0.5, 0.6) is 5.75 Å². The highest BCUT2D eigenvalue weighted by Gasteiger charge is 2.45. The molecule has 196 valence electrons. The fraction of sp³-hybridized carbons (Fsp3) is 0.333. The Morgan fingerprint density at radius 1 is 1.03 bits per heavy atom. The van der Waals surface area contributed by atoms with E-state index in [1.807, 2.05) is 0 Å². The van der Waals surface area contributed by atoms with E-state index in [9.17, 15) is 39.6 Å². The quantitative estimate of drug-likeness (QED) is 0.217. The molecule has 2 aliphatic rings. The van der Waals surface area contributed by atoms with Crippen LogP contribution in [-0.2, 0) is 29.5 Å². The Morgan fingerprint density at radius 3 is 2.41 bits per heavy atom. The number of carbonyl (C=O) groups is 3. The number of fused-ring (bicyclic) bond motifs is 1. The first kappa shape index (κ1) is 26.2. The van der Waals surface area contributed by atoms with Crippen LogP contribution in [0, 0.1) is 0 Å². The van der Waals surface area contributed by atoms with E-state index in [1.54, 1.807) is 0 Å². The van der Waals surface area contributed by atoms with Gasteiger partial charge in [0, 0.05) is 6.07 Å². The Kier molecular flexibility index (Phi) is 7.25. The highest BCUT2D eigenvalue weighted by molar-refractivity contribution is 6.00. The van der Waals surface area contributed by atoms with Gasteiger partial charge in [0.15, 0.2) is 11.2 Å². The number of hydrogen-bond donors (Lipinski definition) is 5. The monoisotopic (exact) mass is 518 g/mol. The lowest BCUT2D eigenvalue weighted by Gasteiger charge is -2.39. The van der Waals surface area contributed by atoms with Crippen molar-refractivity contribution in [3.8, 4) is 5.75 Å². The highest BCUT2D eigenvalue weighted by Crippen LogP contribution is 2.29. The minimum absolute atomic E-state index is 0.0272. The Morgan fingerprint density at radius 2 is 1.73 bits per heavy atom. The average molecular weight is 518 g/mol. The standard InChI is InChI=1S/C24H22O13/c25-11-3-5-24(33,6-4-11)14-9-34-15-7-12(1-2-13(15)19(14)29)36-23-22(32)21(31)20(30)16(37-23)10-35-18(28)8-17(26)27/h1-7,9,16,20-23,30-33H,8,10H2,(H,26,27)/t16-,20-,21+,22-,23-/m1/s1. The van der Waals surface area contributed by atoms with E-state index in [1.165, 1.54) is 30.4 Å². The predicted molar refractivity (Wildman–Crippen MR) is 120 cm³/mol. The number of carboxylic acid groups (broad SMARTS) is 1. The van der Waals surface area contributed by atoms with Crippen molar-refractivity contribution in [1.29, 1.82) is 0 Å². The summed E-state index contributed by atoms with van der Waals surface area (Å²) in [4.78, 5) is 46.4. The van der Waals surface area contributed by atoms with Gasteiger partial charge in [-0.15, -0.1) is 0 Å². The predicted octanol–water partition coefficient (Wildman–Crippen LogP) is -1.12. The van der Waals surface area contributed by atoms with Crippen LogP contribution in [0.3, 0.4) is 0 Å². The molecule has 1 aliphatic heterocycles. The van der Waals surface area contributed by atoms with Crippen LogP contribution in [0.25, 0.3) is 11.0 Å². The summed E-state index contributed by atoms with van der Waals surface area (Å²) in [6.07, 6.45) is -3.36. The number of ketones is 1. The Labute approximate surface area is 207 Å². The van der Waals surface area contributed by atoms with E-state index < -0.39 is 66.7 Å². The number of carboxylic acids is 1. The normalized spacial score (nSPS) is 26.7. The van der Waals surface area contributed by atoms with Crippen molar-refractivity contribution in [3.05, 3.63) is 64.6 Å². The maximum atomic E-state index is 13.0. The fourth-order valence-corrected chi connectivity index (χ4v) is 3.80. The minimum atomic E-state index is -1.84. The van der Waals surface area contributed by atoms with Gasteiger partial charge in [-0.05, 0) is 36.4 Å². The summed E-state index contributed by atoms with van der Waals surface area (Å²) >= 11 is 0. The largest absolute Gasteiger partial charge is 0.481 e. The molecule has 5 N–H and O–H groups in total. The van der Waals surface area contributed by atoms with Crippen LogP contribution >= 0.6 is 0 Å². The van der Waals surface area contributed by atoms with E-state index in [0.29, 0.717) is 0 Å². The molecule has 37 heavy (non-hydrogen) atoms.